The molecule has 2 heterocycles. The second kappa shape index (κ2) is 10.7. The fraction of sp³-hybridized carbons (Fsp3) is 0.417. The Morgan fingerprint density at radius 1 is 1.25 bits per heavy atom. The summed E-state index contributed by atoms with van der Waals surface area (Å²) in [4.78, 5) is 30.4. The van der Waals surface area contributed by atoms with Crippen LogP contribution in [0.5, 0.6) is 11.5 Å². The van der Waals surface area contributed by atoms with Gasteiger partial charge in [-0.2, -0.15) is 0 Å². The van der Waals surface area contributed by atoms with Crippen molar-refractivity contribution in [3.05, 3.63) is 57.5 Å². The molecule has 0 radical (unpaired) electrons. The SMILES string of the molecule is CCCOc1ccc([C@@H]2C(C(=O)c3cccs3)=C(O)C(=O)N2CCCN(C)C)cc1OC. The number of ether oxygens (including phenoxy) is 2. The van der Waals surface area contributed by atoms with Gasteiger partial charge < -0.3 is 24.4 Å². The first-order chi connectivity index (χ1) is 15.4. The number of carbonyl (C=O) groups excluding carboxylic acids is 2. The largest absolute Gasteiger partial charge is 0.503 e. The maximum Gasteiger partial charge on any atom is 0.290 e. The van der Waals surface area contributed by atoms with Crippen molar-refractivity contribution in [3.63, 3.8) is 0 Å². The number of hydrogen-bond donors (Lipinski definition) is 1. The summed E-state index contributed by atoms with van der Waals surface area (Å²) in [5.74, 6) is -0.231. The van der Waals surface area contributed by atoms with Gasteiger partial charge in [-0.3, -0.25) is 9.59 Å². The molecule has 0 bridgehead atoms. The van der Waals surface area contributed by atoms with Crippen molar-refractivity contribution in [1.29, 1.82) is 0 Å². The Morgan fingerprint density at radius 2 is 2.03 bits per heavy atom. The topological polar surface area (TPSA) is 79.3 Å². The van der Waals surface area contributed by atoms with Crippen LogP contribution in [-0.4, -0.2) is 67.5 Å². The fourth-order valence-corrected chi connectivity index (χ4v) is 4.42. The number of amides is 1. The van der Waals surface area contributed by atoms with E-state index in [0.29, 0.717) is 41.5 Å². The zero-order valence-corrected chi connectivity index (χ0v) is 19.8. The molecule has 2 aromatic rings. The van der Waals surface area contributed by atoms with Gasteiger partial charge >= 0.3 is 0 Å². The van der Waals surface area contributed by atoms with Crippen LogP contribution in [0.2, 0.25) is 0 Å². The monoisotopic (exact) mass is 458 g/mol. The molecule has 1 atom stereocenters. The molecule has 1 aromatic carbocycles. The summed E-state index contributed by atoms with van der Waals surface area (Å²) < 4.78 is 11.3. The van der Waals surface area contributed by atoms with Crippen molar-refractivity contribution in [1.82, 2.24) is 9.80 Å². The molecular weight excluding hydrogens is 428 g/mol. The Labute approximate surface area is 192 Å². The summed E-state index contributed by atoms with van der Waals surface area (Å²) in [6.45, 7) is 3.76. The van der Waals surface area contributed by atoms with Crippen molar-refractivity contribution in [2.24, 2.45) is 0 Å². The number of methoxy groups -OCH3 is 1. The van der Waals surface area contributed by atoms with Gasteiger partial charge in [-0.15, -0.1) is 11.3 Å². The number of carbonyl (C=O) groups is 2. The number of aliphatic hydroxyl groups is 1. The highest BCUT2D eigenvalue weighted by atomic mass is 32.1. The lowest BCUT2D eigenvalue weighted by atomic mass is 9.95. The number of Topliss-reactive ketones (excluding diaryl/α,β-unsaturated/α-hetero) is 1. The third-order valence-electron chi connectivity index (χ3n) is 5.26. The molecule has 0 unspecified atom stereocenters. The number of aliphatic hydroxyl groups excluding tert-OH is 1. The molecule has 0 saturated heterocycles. The number of rotatable bonds is 11. The summed E-state index contributed by atoms with van der Waals surface area (Å²) in [7, 11) is 5.48. The Morgan fingerprint density at radius 3 is 2.66 bits per heavy atom. The lowest BCUT2D eigenvalue weighted by Gasteiger charge is -2.28. The van der Waals surface area contributed by atoms with Crippen molar-refractivity contribution >= 4 is 23.0 Å². The van der Waals surface area contributed by atoms with Crippen LogP contribution < -0.4 is 9.47 Å². The Kier molecular flexibility index (Phi) is 7.93. The quantitative estimate of drug-likeness (QED) is 0.511. The molecule has 1 aliphatic heterocycles. The molecule has 8 heteroatoms. The van der Waals surface area contributed by atoms with Crippen LogP contribution in [0.15, 0.2) is 47.0 Å². The molecule has 1 N–H and O–H groups in total. The summed E-state index contributed by atoms with van der Waals surface area (Å²) >= 11 is 1.28. The smallest absolute Gasteiger partial charge is 0.290 e. The van der Waals surface area contributed by atoms with Crippen LogP contribution in [0, 0.1) is 0 Å². The summed E-state index contributed by atoms with van der Waals surface area (Å²) in [5, 5.41) is 12.5. The highest BCUT2D eigenvalue weighted by Gasteiger charge is 2.44. The van der Waals surface area contributed by atoms with Gasteiger partial charge in [0.2, 0.25) is 5.78 Å². The van der Waals surface area contributed by atoms with E-state index in [9.17, 15) is 14.7 Å². The predicted molar refractivity (Wildman–Crippen MR) is 125 cm³/mol. The van der Waals surface area contributed by atoms with Gasteiger partial charge in [0.25, 0.3) is 5.91 Å². The maximum absolute atomic E-state index is 13.3. The molecule has 7 nitrogen and oxygen atoms in total. The lowest BCUT2D eigenvalue weighted by molar-refractivity contribution is -0.129. The third kappa shape index (κ3) is 4.97. The van der Waals surface area contributed by atoms with Crippen LogP contribution in [0.3, 0.4) is 0 Å². The molecule has 0 spiro atoms. The molecule has 3 rings (SSSR count). The highest BCUT2D eigenvalue weighted by Crippen LogP contribution is 2.42. The van der Waals surface area contributed by atoms with Gasteiger partial charge in [-0.05, 0) is 62.6 Å². The van der Waals surface area contributed by atoms with Crippen molar-refractivity contribution in [3.8, 4) is 11.5 Å². The first-order valence-corrected chi connectivity index (χ1v) is 11.5. The van der Waals surface area contributed by atoms with E-state index in [4.69, 9.17) is 9.47 Å². The molecular formula is C24H30N2O5S. The molecule has 1 amide bonds. The molecule has 0 fully saturated rings. The van der Waals surface area contributed by atoms with Crippen LogP contribution >= 0.6 is 11.3 Å². The molecule has 1 aromatic heterocycles. The van der Waals surface area contributed by atoms with Crippen LogP contribution in [0.4, 0.5) is 0 Å². The van der Waals surface area contributed by atoms with E-state index in [1.54, 1.807) is 41.7 Å². The standard InChI is InChI=1S/C24H30N2O5S/c1-5-13-31-17-10-9-16(15-18(17)30-4)21-20(22(27)19-8-6-14-32-19)23(28)24(29)26(21)12-7-11-25(2)3/h6,8-10,14-15,21,28H,5,7,11-13H2,1-4H3/t21-/m1/s1. The Hall–Kier alpha value is -2.84. The van der Waals surface area contributed by atoms with Gasteiger partial charge in [0.05, 0.1) is 30.2 Å². The second-order valence-corrected chi connectivity index (χ2v) is 8.83. The number of thiophene rings is 1. The van der Waals surface area contributed by atoms with Gasteiger partial charge in [-0.25, -0.2) is 0 Å². The third-order valence-corrected chi connectivity index (χ3v) is 6.13. The Balaban J connectivity index is 2.02. The summed E-state index contributed by atoms with van der Waals surface area (Å²) in [6, 6.07) is 8.17. The van der Waals surface area contributed by atoms with Gasteiger partial charge in [0.15, 0.2) is 17.3 Å². The van der Waals surface area contributed by atoms with Crippen molar-refractivity contribution < 1.29 is 24.2 Å². The van der Waals surface area contributed by atoms with Gasteiger partial charge in [0.1, 0.15) is 0 Å². The average molecular weight is 459 g/mol. The van der Waals surface area contributed by atoms with Crippen molar-refractivity contribution in [2.45, 2.75) is 25.8 Å². The first-order valence-electron chi connectivity index (χ1n) is 10.7. The van der Waals surface area contributed by atoms with Gasteiger partial charge in [0, 0.05) is 6.54 Å². The van der Waals surface area contributed by atoms with E-state index < -0.39 is 17.7 Å². The molecule has 0 aliphatic carbocycles. The minimum atomic E-state index is -0.701. The zero-order chi connectivity index (χ0) is 23.3. The minimum absolute atomic E-state index is 0.103. The molecule has 1 aliphatic rings. The number of benzene rings is 1. The van der Waals surface area contributed by atoms with Crippen LogP contribution in [-0.2, 0) is 4.79 Å². The zero-order valence-electron chi connectivity index (χ0n) is 19.0. The van der Waals surface area contributed by atoms with E-state index in [0.717, 1.165) is 13.0 Å². The van der Waals surface area contributed by atoms with E-state index in [2.05, 4.69) is 0 Å². The summed E-state index contributed by atoms with van der Waals surface area (Å²) in [5.41, 5.74) is 0.791. The van der Waals surface area contributed by atoms with Crippen LogP contribution in [0.1, 0.15) is 41.0 Å². The van der Waals surface area contributed by atoms with Gasteiger partial charge in [-0.1, -0.05) is 19.1 Å². The normalized spacial score (nSPS) is 16.2. The second-order valence-electron chi connectivity index (χ2n) is 7.89. The predicted octanol–water partition coefficient (Wildman–Crippen LogP) is 4.08. The lowest BCUT2D eigenvalue weighted by Crippen LogP contribution is -2.33. The maximum atomic E-state index is 13.3. The molecule has 32 heavy (non-hydrogen) atoms. The molecule has 0 saturated carbocycles. The molecule has 172 valence electrons. The minimum Gasteiger partial charge on any atom is -0.503 e. The average Bonchev–Trinajstić information content (AvgIpc) is 3.40. The Bertz CT molecular complexity index is 984. The summed E-state index contributed by atoms with van der Waals surface area (Å²) in [6.07, 6.45) is 1.57. The van der Waals surface area contributed by atoms with Crippen molar-refractivity contribution in [2.75, 3.05) is 40.9 Å². The van der Waals surface area contributed by atoms with Crippen LogP contribution in [0.25, 0.3) is 0 Å². The number of nitrogens with zero attached hydrogens (tertiary/aromatic N) is 2. The van der Waals surface area contributed by atoms with E-state index in [1.807, 2.05) is 32.0 Å². The number of hydrogen-bond acceptors (Lipinski definition) is 7. The van der Waals surface area contributed by atoms with E-state index in [-0.39, 0.29) is 11.4 Å². The van der Waals surface area contributed by atoms with E-state index >= 15 is 0 Å². The van der Waals surface area contributed by atoms with E-state index in [1.165, 1.54) is 11.3 Å². The first kappa shape index (κ1) is 23.8. The fourth-order valence-electron chi connectivity index (χ4n) is 3.75. The number of ketones is 1. The highest BCUT2D eigenvalue weighted by molar-refractivity contribution is 7.12.